The van der Waals surface area contributed by atoms with Crippen molar-refractivity contribution in [2.75, 3.05) is 10.6 Å². The van der Waals surface area contributed by atoms with Crippen molar-refractivity contribution in [3.05, 3.63) is 81.0 Å². The Balaban J connectivity index is 1.89. The molecule has 0 unspecified atom stereocenters. The van der Waals surface area contributed by atoms with E-state index in [9.17, 15) is 27.2 Å². The molecule has 1 aromatic heterocycles. The number of alkyl halides is 3. The maximum atomic E-state index is 13.6. The first-order chi connectivity index (χ1) is 14.5. The summed E-state index contributed by atoms with van der Waals surface area (Å²) in [6.07, 6.45) is -4.81. The quantitative estimate of drug-likeness (QED) is 0.413. The number of hydrogen-bond acceptors (Lipinski definition) is 3. The molecule has 2 amide bonds. The lowest BCUT2D eigenvalue weighted by atomic mass is 10.1. The third-order valence-corrected chi connectivity index (χ3v) is 5.31. The van der Waals surface area contributed by atoms with Gasteiger partial charge in [0.05, 0.1) is 21.3 Å². The number of anilines is 2. The van der Waals surface area contributed by atoms with Crippen LogP contribution < -0.4 is 10.6 Å². The molecule has 0 spiro atoms. The van der Waals surface area contributed by atoms with E-state index in [4.69, 9.17) is 4.42 Å². The van der Waals surface area contributed by atoms with Gasteiger partial charge in [0, 0.05) is 11.3 Å². The summed E-state index contributed by atoms with van der Waals surface area (Å²) in [7, 11) is 0. The van der Waals surface area contributed by atoms with Gasteiger partial charge in [-0.05, 0) is 72.2 Å². The smallest absolute Gasteiger partial charge is 0.418 e. The summed E-state index contributed by atoms with van der Waals surface area (Å²) < 4.78 is 59.5. The van der Waals surface area contributed by atoms with Gasteiger partial charge in [-0.2, -0.15) is 13.2 Å². The summed E-state index contributed by atoms with van der Waals surface area (Å²) in [4.78, 5) is 24.8. The molecule has 3 rings (SSSR count). The van der Waals surface area contributed by atoms with Crippen molar-refractivity contribution < 1.29 is 31.6 Å². The summed E-state index contributed by atoms with van der Waals surface area (Å²) in [5.41, 5.74) is -1.62. The van der Waals surface area contributed by atoms with E-state index in [0.29, 0.717) is 16.3 Å². The molecule has 1 heterocycles. The number of benzene rings is 2. The Morgan fingerprint density at radius 2 is 1.58 bits per heavy atom. The zero-order valence-corrected chi connectivity index (χ0v) is 17.7. The molecule has 31 heavy (non-hydrogen) atoms. The number of aryl methyl sites for hydroxylation is 2. The van der Waals surface area contributed by atoms with Crippen LogP contribution in [-0.2, 0) is 6.18 Å². The molecule has 0 fully saturated rings. The maximum absolute atomic E-state index is 13.6. The van der Waals surface area contributed by atoms with Crippen LogP contribution in [0.1, 0.15) is 37.8 Å². The lowest BCUT2D eigenvalue weighted by Gasteiger charge is -2.16. The maximum Gasteiger partial charge on any atom is 0.418 e. The Labute approximate surface area is 182 Å². The van der Waals surface area contributed by atoms with Gasteiger partial charge in [0.2, 0.25) is 0 Å². The monoisotopic (exact) mass is 498 g/mol. The van der Waals surface area contributed by atoms with Crippen molar-refractivity contribution in [3.63, 3.8) is 0 Å². The molecule has 0 atom stereocenters. The van der Waals surface area contributed by atoms with Crippen LogP contribution in [0.15, 0.2) is 51.4 Å². The first-order valence-electron chi connectivity index (χ1n) is 8.82. The molecule has 0 saturated carbocycles. The van der Waals surface area contributed by atoms with E-state index in [1.54, 1.807) is 6.92 Å². The van der Waals surface area contributed by atoms with E-state index >= 15 is 0 Å². The van der Waals surface area contributed by atoms with Crippen LogP contribution in [0, 0.1) is 19.7 Å². The SMILES string of the molecule is Cc1oc(C)c(C(=O)Nc2ccc(NC(=O)c3ccc(F)cc3)cc2C(F)(F)F)c1Br. The van der Waals surface area contributed by atoms with Crippen molar-refractivity contribution in [1.29, 1.82) is 0 Å². The lowest BCUT2D eigenvalue weighted by Crippen LogP contribution is -2.18. The third-order valence-electron chi connectivity index (χ3n) is 4.35. The Morgan fingerprint density at radius 1 is 0.935 bits per heavy atom. The van der Waals surface area contributed by atoms with Gasteiger partial charge in [-0.15, -0.1) is 0 Å². The number of hydrogen-bond donors (Lipinski definition) is 2. The molecular weight excluding hydrogens is 484 g/mol. The van der Waals surface area contributed by atoms with Crippen molar-refractivity contribution in [2.24, 2.45) is 0 Å². The Bertz CT molecular complexity index is 1150. The van der Waals surface area contributed by atoms with Crippen LogP contribution in [0.25, 0.3) is 0 Å². The van der Waals surface area contributed by atoms with E-state index in [1.165, 1.54) is 25.1 Å². The molecule has 2 aromatic carbocycles. The molecule has 10 heteroatoms. The molecule has 162 valence electrons. The zero-order chi connectivity index (χ0) is 22.9. The number of furan rings is 1. The second-order valence-electron chi connectivity index (χ2n) is 6.58. The van der Waals surface area contributed by atoms with Crippen molar-refractivity contribution in [3.8, 4) is 0 Å². The van der Waals surface area contributed by atoms with Crippen LogP contribution >= 0.6 is 15.9 Å². The van der Waals surface area contributed by atoms with Gasteiger partial charge in [0.15, 0.2) is 0 Å². The summed E-state index contributed by atoms with van der Waals surface area (Å²) in [5.74, 6) is -1.38. The summed E-state index contributed by atoms with van der Waals surface area (Å²) in [6, 6.07) is 7.50. The van der Waals surface area contributed by atoms with E-state index in [0.717, 1.165) is 18.2 Å². The average Bonchev–Trinajstić information content (AvgIpc) is 2.94. The van der Waals surface area contributed by atoms with Gasteiger partial charge >= 0.3 is 6.18 Å². The molecule has 0 bridgehead atoms. The van der Waals surface area contributed by atoms with E-state index in [2.05, 4.69) is 26.6 Å². The highest BCUT2D eigenvalue weighted by Gasteiger charge is 2.35. The molecule has 0 radical (unpaired) electrons. The average molecular weight is 499 g/mol. The molecule has 0 saturated heterocycles. The van der Waals surface area contributed by atoms with Gasteiger partial charge < -0.3 is 15.1 Å². The minimum atomic E-state index is -4.81. The van der Waals surface area contributed by atoms with E-state index < -0.39 is 35.1 Å². The molecule has 0 aliphatic heterocycles. The second kappa shape index (κ2) is 8.54. The minimum Gasteiger partial charge on any atom is -0.465 e. The van der Waals surface area contributed by atoms with Crippen LogP contribution in [0.3, 0.4) is 0 Å². The van der Waals surface area contributed by atoms with Crippen LogP contribution in [0.2, 0.25) is 0 Å². The number of rotatable bonds is 4. The minimum absolute atomic E-state index is 0.0722. The van der Waals surface area contributed by atoms with Crippen molar-refractivity contribution in [1.82, 2.24) is 0 Å². The van der Waals surface area contributed by atoms with Gasteiger partial charge in [-0.3, -0.25) is 9.59 Å². The Hall–Kier alpha value is -3.14. The first kappa shape index (κ1) is 22.5. The topological polar surface area (TPSA) is 71.3 Å². The summed E-state index contributed by atoms with van der Waals surface area (Å²) in [6.45, 7) is 3.12. The fourth-order valence-corrected chi connectivity index (χ4v) is 3.41. The largest absolute Gasteiger partial charge is 0.465 e. The second-order valence-corrected chi connectivity index (χ2v) is 7.37. The Kier molecular flexibility index (Phi) is 6.21. The Morgan fingerprint density at radius 3 is 2.13 bits per heavy atom. The zero-order valence-electron chi connectivity index (χ0n) is 16.2. The van der Waals surface area contributed by atoms with Crippen molar-refractivity contribution in [2.45, 2.75) is 20.0 Å². The summed E-state index contributed by atoms with van der Waals surface area (Å²) >= 11 is 3.19. The number of carbonyl (C=O) groups is 2. The molecule has 3 aromatic rings. The van der Waals surface area contributed by atoms with Crippen LogP contribution in [-0.4, -0.2) is 11.8 Å². The number of carbonyl (C=O) groups excluding carboxylic acids is 2. The lowest BCUT2D eigenvalue weighted by molar-refractivity contribution is -0.136. The van der Waals surface area contributed by atoms with Crippen molar-refractivity contribution >= 4 is 39.1 Å². The highest BCUT2D eigenvalue weighted by atomic mass is 79.9. The van der Waals surface area contributed by atoms with Crippen LogP contribution in [0.5, 0.6) is 0 Å². The number of halogens is 5. The van der Waals surface area contributed by atoms with E-state index in [1.807, 2.05) is 0 Å². The predicted molar refractivity (Wildman–Crippen MR) is 110 cm³/mol. The standard InChI is InChI=1S/C21H15BrF4N2O3/c1-10-17(18(22)11(2)31-10)20(30)28-16-8-7-14(9-15(16)21(24,25)26)27-19(29)12-3-5-13(23)6-4-12/h3-9H,1-2H3,(H,27,29)(H,28,30). The third kappa shape index (κ3) is 4.96. The highest BCUT2D eigenvalue weighted by Crippen LogP contribution is 2.37. The van der Waals surface area contributed by atoms with Gasteiger partial charge in [-0.1, -0.05) is 0 Å². The molecule has 2 N–H and O–H groups in total. The van der Waals surface area contributed by atoms with Gasteiger partial charge in [0.25, 0.3) is 11.8 Å². The molecule has 0 aliphatic rings. The van der Waals surface area contributed by atoms with Crippen LogP contribution in [0.4, 0.5) is 28.9 Å². The summed E-state index contributed by atoms with van der Waals surface area (Å²) in [5, 5.41) is 4.57. The predicted octanol–water partition coefficient (Wildman–Crippen LogP) is 6.32. The fourth-order valence-electron chi connectivity index (χ4n) is 2.87. The number of nitrogens with one attached hydrogen (secondary N) is 2. The normalized spacial score (nSPS) is 11.3. The molecule has 5 nitrogen and oxygen atoms in total. The number of amides is 2. The molecule has 0 aliphatic carbocycles. The van der Waals surface area contributed by atoms with Gasteiger partial charge in [-0.25, -0.2) is 4.39 Å². The molecular formula is C21H15BrF4N2O3. The van der Waals surface area contributed by atoms with Gasteiger partial charge in [0.1, 0.15) is 17.3 Å². The fraction of sp³-hybridized carbons (Fsp3) is 0.143. The van der Waals surface area contributed by atoms with E-state index in [-0.39, 0.29) is 22.6 Å². The first-order valence-corrected chi connectivity index (χ1v) is 9.61. The highest BCUT2D eigenvalue weighted by molar-refractivity contribution is 9.10.